The van der Waals surface area contributed by atoms with Crippen molar-refractivity contribution in [2.24, 2.45) is 0 Å². The molecule has 18 heavy (non-hydrogen) atoms. The minimum atomic E-state index is -0.267. The Hall–Kier alpha value is -2.24. The van der Waals surface area contributed by atoms with Gasteiger partial charge in [0.25, 0.3) is 0 Å². The van der Waals surface area contributed by atoms with Gasteiger partial charge >= 0.3 is 5.97 Å². The van der Waals surface area contributed by atoms with Crippen LogP contribution in [0.15, 0.2) is 30.3 Å². The normalized spacial score (nSPS) is 12.1. The number of carbonyl (C=O) groups is 1. The van der Waals surface area contributed by atoms with E-state index in [1.807, 2.05) is 30.3 Å². The van der Waals surface area contributed by atoms with Gasteiger partial charge in [0.05, 0.1) is 18.9 Å². The summed E-state index contributed by atoms with van der Waals surface area (Å²) in [4.78, 5) is 11.6. The van der Waals surface area contributed by atoms with Crippen molar-refractivity contribution in [1.29, 1.82) is 0 Å². The first-order valence-corrected chi connectivity index (χ1v) is 5.75. The second-order valence-corrected chi connectivity index (χ2v) is 3.74. The van der Waals surface area contributed by atoms with E-state index in [9.17, 15) is 4.79 Å². The molecule has 0 bridgehead atoms. The predicted molar refractivity (Wildman–Crippen MR) is 63.7 cm³/mol. The topological polar surface area (TPSA) is 80.8 Å². The summed E-state index contributed by atoms with van der Waals surface area (Å²) in [7, 11) is 0. The number of nitrogens with zero attached hydrogens (tertiary/aromatic N) is 3. The number of carbonyl (C=O) groups excluding carboxylic acids is 1. The second-order valence-electron chi connectivity index (χ2n) is 3.74. The standard InChI is InChI=1S/C12H14N4O2/c1-2-18-11(17)8-10(12-13-15-16-14-12)9-6-4-3-5-7-9/h3-7,10H,2,8H2,1H3,(H,13,14,15,16)/t10-/m0/s1. The molecule has 0 saturated heterocycles. The second kappa shape index (κ2) is 5.90. The molecule has 0 aliphatic heterocycles. The molecular weight excluding hydrogens is 232 g/mol. The fourth-order valence-corrected chi connectivity index (χ4v) is 1.75. The van der Waals surface area contributed by atoms with Crippen LogP contribution in [0, 0.1) is 0 Å². The molecule has 6 nitrogen and oxygen atoms in total. The maximum Gasteiger partial charge on any atom is 0.306 e. The molecule has 0 saturated carbocycles. The van der Waals surface area contributed by atoms with Crippen LogP contribution in [-0.2, 0) is 9.53 Å². The number of esters is 1. The summed E-state index contributed by atoms with van der Waals surface area (Å²) in [5.74, 6) is -0.00518. The van der Waals surface area contributed by atoms with Crippen LogP contribution in [0.1, 0.15) is 30.7 Å². The van der Waals surface area contributed by atoms with E-state index in [4.69, 9.17) is 4.74 Å². The number of H-pyrrole nitrogens is 1. The number of aromatic amines is 1. The van der Waals surface area contributed by atoms with Crippen LogP contribution in [0.3, 0.4) is 0 Å². The molecule has 6 heteroatoms. The smallest absolute Gasteiger partial charge is 0.306 e. The van der Waals surface area contributed by atoms with Crippen molar-refractivity contribution in [2.45, 2.75) is 19.3 Å². The summed E-state index contributed by atoms with van der Waals surface area (Å²) in [6.45, 7) is 2.15. The van der Waals surface area contributed by atoms with Crippen LogP contribution in [0.2, 0.25) is 0 Å². The van der Waals surface area contributed by atoms with Gasteiger partial charge in [0.2, 0.25) is 0 Å². The Morgan fingerprint density at radius 2 is 2.17 bits per heavy atom. The molecule has 0 amide bonds. The molecule has 0 aliphatic carbocycles. The highest BCUT2D eigenvalue weighted by Gasteiger charge is 2.22. The highest BCUT2D eigenvalue weighted by atomic mass is 16.5. The highest BCUT2D eigenvalue weighted by Crippen LogP contribution is 2.24. The number of benzene rings is 1. The first-order chi connectivity index (χ1) is 8.81. The Morgan fingerprint density at radius 1 is 1.39 bits per heavy atom. The number of nitrogens with one attached hydrogen (secondary N) is 1. The van der Waals surface area contributed by atoms with Gasteiger partial charge in [-0.05, 0) is 12.5 Å². The van der Waals surface area contributed by atoms with E-state index in [0.717, 1.165) is 5.56 Å². The Labute approximate surface area is 104 Å². The van der Waals surface area contributed by atoms with Crippen LogP contribution < -0.4 is 0 Å². The van der Waals surface area contributed by atoms with E-state index in [2.05, 4.69) is 20.6 Å². The number of hydrogen-bond acceptors (Lipinski definition) is 5. The third kappa shape index (κ3) is 2.91. The first-order valence-electron chi connectivity index (χ1n) is 5.75. The van der Waals surface area contributed by atoms with Crippen molar-refractivity contribution in [3.63, 3.8) is 0 Å². The van der Waals surface area contributed by atoms with Gasteiger partial charge < -0.3 is 4.74 Å². The minimum Gasteiger partial charge on any atom is -0.466 e. The monoisotopic (exact) mass is 246 g/mol. The molecule has 1 N–H and O–H groups in total. The maximum absolute atomic E-state index is 11.6. The SMILES string of the molecule is CCOC(=O)C[C@@H](c1ccccc1)c1nn[nH]n1. The van der Waals surface area contributed by atoms with Crippen LogP contribution >= 0.6 is 0 Å². The predicted octanol–water partition coefficient (Wildman–Crippen LogP) is 1.28. The molecule has 94 valence electrons. The van der Waals surface area contributed by atoms with E-state index >= 15 is 0 Å². The summed E-state index contributed by atoms with van der Waals surface area (Å²) >= 11 is 0. The number of ether oxygens (including phenoxy) is 1. The zero-order valence-electron chi connectivity index (χ0n) is 10.0. The molecule has 0 aliphatic rings. The zero-order chi connectivity index (χ0) is 12.8. The third-order valence-corrected chi connectivity index (χ3v) is 2.55. The summed E-state index contributed by atoms with van der Waals surface area (Å²) in [6.07, 6.45) is 0.206. The fourth-order valence-electron chi connectivity index (χ4n) is 1.75. The molecule has 0 unspecified atom stereocenters. The first kappa shape index (κ1) is 12.2. The van der Waals surface area contributed by atoms with Crippen molar-refractivity contribution in [3.8, 4) is 0 Å². The largest absolute Gasteiger partial charge is 0.466 e. The maximum atomic E-state index is 11.6. The molecule has 0 fully saturated rings. The van der Waals surface area contributed by atoms with Gasteiger partial charge in [-0.2, -0.15) is 5.21 Å². The quantitative estimate of drug-likeness (QED) is 0.804. The molecule has 1 aromatic heterocycles. The Balaban J connectivity index is 2.22. The molecule has 0 spiro atoms. The lowest BCUT2D eigenvalue weighted by molar-refractivity contribution is -0.143. The summed E-state index contributed by atoms with van der Waals surface area (Å²) < 4.78 is 4.97. The molecule has 0 radical (unpaired) electrons. The van der Waals surface area contributed by atoms with E-state index < -0.39 is 0 Å². The Kier molecular flexibility index (Phi) is 4.01. The van der Waals surface area contributed by atoms with E-state index in [1.165, 1.54) is 0 Å². The van der Waals surface area contributed by atoms with E-state index in [1.54, 1.807) is 6.92 Å². The van der Waals surface area contributed by atoms with E-state index in [0.29, 0.717) is 12.4 Å². The molecular formula is C12H14N4O2. The van der Waals surface area contributed by atoms with Gasteiger partial charge in [0.1, 0.15) is 0 Å². The lowest BCUT2D eigenvalue weighted by atomic mass is 9.95. The summed E-state index contributed by atoms with van der Waals surface area (Å²) in [5, 5.41) is 13.8. The molecule has 1 heterocycles. The summed E-state index contributed by atoms with van der Waals surface area (Å²) in [5.41, 5.74) is 0.965. The van der Waals surface area contributed by atoms with Crippen LogP contribution in [0.4, 0.5) is 0 Å². The van der Waals surface area contributed by atoms with Gasteiger partial charge in [-0.1, -0.05) is 35.5 Å². The van der Waals surface area contributed by atoms with Crippen LogP contribution in [-0.4, -0.2) is 33.2 Å². The lowest BCUT2D eigenvalue weighted by Crippen LogP contribution is -2.13. The number of tetrazole rings is 1. The zero-order valence-corrected chi connectivity index (χ0v) is 10.0. The van der Waals surface area contributed by atoms with Gasteiger partial charge in [-0.15, -0.1) is 10.2 Å². The van der Waals surface area contributed by atoms with Crippen molar-refractivity contribution < 1.29 is 9.53 Å². The molecule has 1 atom stereocenters. The molecule has 1 aromatic carbocycles. The third-order valence-electron chi connectivity index (χ3n) is 2.55. The minimum absolute atomic E-state index is 0.206. The van der Waals surface area contributed by atoms with Crippen molar-refractivity contribution >= 4 is 5.97 Å². The summed E-state index contributed by atoms with van der Waals surface area (Å²) in [6, 6.07) is 9.60. The van der Waals surface area contributed by atoms with Crippen molar-refractivity contribution in [2.75, 3.05) is 6.61 Å². The van der Waals surface area contributed by atoms with Crippen molar-refractivity contribution in [3.05, 3.63) is 41.7 Å². The lowest BCUT2D eigenvalue weighted by Gasteiger charge is -2.12. The van der Waals surface area contributed by atoms with Crippen molar-refractivity contribution in [1.82, 2.24) is 20.6 Å². The number of hydrogen-bond donors (Lipinski definition) is 1. The van der Waals surface area contributed by atoms with Crippen LogP contribution in [0.25, 0.3) is 0 Å². The van der Waals surface area contributed by atoms with Gasteiger partial charge in [-0.3, -0.25) is 4.79 Å². The van der Waals surface area contributed by atoms with Gasteiger partial charge in [0, 0.05) is 0 Å². The Morgan fingerprint density at radius 3 is 2.78 bits per heavy atom. The van der Waals surface area contributed by atoms with Gasteiger partial charge in [-0.25, -0.2) is 0 Å². The van der Waals surface area contributed by atoms with E-state index in [-0.39, 0.29) is 18.3 Å². The van der Waals surface area contributed by atoms with Crippen LogP contribution in [0.5, 0.6) is 0 Å². The highest BCUT2D eigenvalue weighted by molar-refractivity contribution is 5.71. The molecule has 2 rings (SSSR count). The molecule has 2 aromatic rings. The number of aromatic nitrogens is 4. The average Bonchev–Trinajstić information content (AvgIpc) is 2.91. The average molecular weight is 246 g/mol. The van der Waals surface area contributed by atoms with Gasteiger partial charge in [0.15, 0.2) is 5.82 Å². The number of rotatable bonds is 5. The Bertz CT molecular complexity index is 484. The fraction of sp³-hybridized carbons (Fsp3) is 0.333.